The van der Waals surface area contributed by atoms with E-state index < -0.39 is 0 Å². The Bertz CT molecular complexity index is 626. The molecule has 0 spiro atoms. The van der Waals surface area contributed by atoms with Crippen LogP contribution < -0.4 is 10.3 Å². The highest BCUT2D eigenvalue weighted by Crippen LogP contribution is 2.29. The first-order valence-electron chi connectivity index (χ1n) is 5.14. The number of ether oxygens (including phenoxy) is 1. The summed E-state index contributed by atoms with van der Waals surface area (Å²) in [6.45, 7) is 0. The molecular weight excluding hydrogens is 275 g/mol. The van der Waals surface area contributed by atoms with E-state index in [1.807, 2.05) is 0 Å². The Kier molecular flexibility index (Phi) is 3.89. The molecule has 6 heteroatoms. The van der Waals surface area contributed by atoms with Gasteiger partial charge >= 0.3 is 0 Å². The Labute approximate surface area is 114 Å². The largest absolute Gasteiger partial charge is 0.496 e. The van der Waals surface area contributed by atoms with E-state index in [4.69, 9.17) is 27.9 Å². The van der Waals surface area contributed by atoms with Crippen molar-refractivity contribution >= 4 is 23.2 Å². The van der Waals surface area contributed by atoms with Gasteiger partial charge in [0.2, 0.25) is 0 Å². The van der Waals surface area contributed by atoms with Crippen molar-refractivity contribution in [2.75, 3.05) is 7.11 Å². The van der Waals surface area contributed by atoms with Crippen molar-refractivity contribution in [3.05, 3.63) is 45.3 Å². The molecule has 0 bridgehead atoms. The third kappa shape index (κ3) is 2.66. The standard InChI is InChI=1S/C12H10Cl2N2O2/c1-18-10-4-7(14)2-3-9(10)12-15-8(6-13)5-11(17)16-12/h2-5H,6H2,1H3,(H,15,16,17). The summed E-state index contributed by atoms with van der Waals surface area (Å²) in [6.07, 6.45) is 0. The molecule has 1 aromatic carbocycles. The maximum atomic E-state index is 11.5. The molecule has 94 valence electrons. The second kappa shape index (κ2) is 5.42. The summed E-state index contributed by atoms with van der Waals surface area (Å²) in [6, 6.07) is 6.45. The minimum Gasteiger partial charge on any atom is -0.496 e. The van der Waals surface area contributed by atoms with E-state index in [2.05, 4.69) is 9.97 Å². The maximum absolute atomic E-state index is 11.5. The molecule has 0 amide bonds. The molecule has 1 aromatic heterocycles. The minimum atomic E-state index is -0.257. The van der Waals surface area contributed by atoms with Crippen LogP contribution in [0.5, 0.6) is 5.75 Å². The van der Waals surface area contributed by atoms with E-state index in [1.165, 1.54) is 13.2 Å². The van der Waals surface area contributed by atoms with Crippen LogP contribution in [0.1, 0.15) is 5.69 Å². The lowest BCUT2D eigenvalue weighted by Gasteiger charge is -2.08. The average molecular weight is 285 g/mol. The Morgan fingerprint density at radius 1 is 1.39 bits per heavy atom. The van der Waals surface area contributed by atoms with Crippen molar-refractivity contribution in [2.45, 2.75) is 5.88 Å². The van der Waals surface area contributed by atoms with Gasteiger partial charge in [-0.2, -0.15) is 0 Å². The second-order valence-corrected chi connectivity index (χ2v) is 4.27. The zero-order chi connectivity index (χ0) is 13.1. The molecule has 0 atom stereocenters. The van der Waals surface area contributed by atoms with Crippen LogP contribution in [0.25, 0.3) is 11.4 Å². The number of halogens is 2. The molecular formula is C12H10Cl2N2O2. The lowest BCUT2D eigenvalue weighted by atomic mass is 10.2. The van der Waals surface area contributed by atoms with Crippen LogP contribution in [-0.4, -0.2) is 17.1 Å². The van der Waals surface area contributed by atoms with E-state index in [1.54, 1.807) is 18.2 Å². The van der Waals surface area contributed by atoms with Crippen molar-refractivity contribution in [3.63, 3.8) is 0 Å². The Morgan fingerprint density at radius 2 is 2.17 bits per heavy atom. The van der Waals surface area contributed by atoms with Crippen molar-refractivity contribution in [1.82, 2.24) is 9.97 Å². The number of nitrogens with one attached hydrogen (secondary N) is 1. The van der Waals surface area contributed by atoms with E-state index in [9.17, 15) is 4.79 Å². The molecule has 2 aromatic rings. The number of aromatic amines is 1. The summed E-state index contributed by atoms with van der Waals surface area (Å²) in [5.74, 6) is 1.12. The Balaban J connectivity index is 2.61. The van der Waals surface area contributed by atoms with E-state index in [-0.39, 0.29) is 11.4 Å². The van der Waals surface area contributed by atoms with E-state index >= 15 is 0 Å². The number of hydrogen-bond donors (Lipinski definition) is 1. The molecule has 0 unspecified atom stereocenters. The van der Waals surface area contributed by atoms with Crippen LogP contribution in [0.15, 0.2) is 29.1 Å². The van der Waals surface area contributed by atoms with Gasteiger partial charge in [-0.3, -0.25) is 4.79 Å². The first-order valence-corrected chi connectivity index (χ1v) is 6.05. The van der Waals surface area contributed by atoms with Crippen molar-refractivity contribution < 1.29 is 4.74 Å². The Hall–Kier alpha value is -1.52. The summed E-state index contributed by atoms with van der Waals surface area (Å²) < 4.78 is 5.21. The fourth-order valence-corrected chi connectivity index (χ4v) is 1.86. The van der Waals surface area contributed by atoms with Gasteiger partial charge in [0.25, 0.3) is 5.56 Å². The van der Waals surface area contributed by atoms with Gasteiger partial charge in [0, 0.05) is 11.1 Å². The maximum Gasteiger partial charge on any atom is 0.251 e. The average Bonchev–Trinajstić information content (AvgIpc) is 2.37. The van der Waals surface area contributed by atoms with Crippen LogP contribution in [0, 0.1) is 0 Å². The van der Waals surface area contributed by atoms with Gasteiger partial charge in [-0.15, -0.1) is 11.6 Å². The van der Waals surface area contributed by atoms with Crippen LogP contribution in [0.2, 0.25) is 5.02 Å². The first-order chi connectivity index (χ1) is 8.63. The number of alkyl halides is 1. The van der Waals surface area contributed by atoms with E-state index in [0.717, 1.165) is 0 Å². The van der Waals surface area contributed by atoms with Gasteiger partial charge < -0.3 is 9.72 Å². The third-order valence-electron chi connectivity index (χ3n) is 2.35. The molecule has 0 aliphatic heterocycles. The van der Waals surface area contributed by atoms with Crippen molar-refractivity contribution in [1.29, 1.82) is 0 Å². The monoisotopic (exact) mass is 284 g/mol. The smallest absolute Gasteiger partial charge is 0.251 e. The highest BCUT2D eigenvalue weighted by Gasteiger charge is 2.10. The number of hydrogen-bond acceptors (Lipinski definition) is 3. The first kappa shape index (κ1) is 12.9. The number of aromatic nitrogens is 2. The van der Waals surface area contributed by atoms with Gasteiger partial charge in [-0.25, -0.2) is 4.98 Å². The number of nitrogens with zero attached hydrogens (tertiary/aromatic N) is 1. The molecule has 0 saturated heterocycles. The number of rotatable bonds is 3. The van der Waals surface area contributed by atoms with E-state index in [0.29, 0.717) is 27.9 Å². The number of benzene rings is 1. The summed E-state index contributed by atoms with van der Waals surface area (Å²) in [5.41, 5.74) is 0.908. The summed E-state index contributed by atoms with van der Waals surface area (Å²) in [4.78, 5) is 18.4. The molecule has 0 saturated carbocycles. The normalized spacial score (nSPS) is 10.4. The summed E-state index contributed by atoms with van der Waals surface area (Å²) >= 11 is 11.6. The van der Waals surface area contributed by atoms with Gasteiger partial charge in [-0.1, -0.05) is 11.6 Å². The highest BCUT2D eigenvalue weighted by atomic mass is 35.5. The number of H-pyrrole nitrogens is 1. The fraction of sp³-hybridized carbons (Fsp3) is 0.167. The quantitative estimate of drug-likeness (QED) is 0.882. The minimum absolute atomic E-state index is 0.173. The zero-order valence-electron chi connectivity index (χ0n) is 9.54. The van der Waals surface area contributed by atoms with Crippen molar-refractivity contribution in [3.8, 4) is 17.1 Å². The third-order valence-corrected chi connectivity index (χ3v) is 2.86. The summed E-state index contributed by atoms with van der Waals surface area (Å²) in [5, 5.41) is 0.548. The van der Waals surface area contributed by atoms with Crippen LogP contribution in [0.4, 0.5) is 0 Å². The van der Waals surface area contributed by atoms with Crippen molar-refractivity contribution in [2.24, 2.45) is 0 Å². The van der Waals surface area contributed by atoms with Gasteiger partial charge in [0.1, 0.15) is 11.6 Å². The fourth-order valence-electron chi connectivity index (χ4n) is 1.56. The lowest BCUT2D eigenvalue weighted by Crippen LogP contribution is -2.10. The van der Waals surface area contributed by atoms with Gasteiger partial charge in [-0.05, 0) is 18.2 Å². The molecule has 1 N–H and O–H groups in total. The molecule has 0 aliphatic carbocycles. The summed E-state index contributed by atoms with van der Waals surface area (Å²) in [7, 11) is 1.53. The SMILES string of the molecule is COc1cc(Cl)ccc1-c1nc(CCl)cc(=O)[nH]1. The highest BCUT2D eigenvalue weighted by molar-refractivity contribution is 6.30. The molecule has 0 aliphatic rings. The molecule has 0 fully saturated rings. The van der Waals surface area contributed by atoms with Gasteiger partial charge in [0.05, 0.1) is 24.2 Å². The second-order valence-electron chi connectivity index (χ2n) is 3.56. The lowest BCUT2D eigenvalue weighted by molar-refractivity contribution is 0.416. The predicted molar refractivity (Wildman–Crippen MR) is 71.4 cm³/mol. The topological polar surface area (TPSA) is 55.0 Å². The zero-order valence-corrected chi connectivity index (χ0v) is 11.0. The van der Waals surface area contributed by atoms with Gasteiger partial charge in [0.15, 0.2) is 0 Å². The molecule has 4 nitrogen and oxygen atoms in total. The molecule has 1 heterocycles. The van der Waals surface area contributed by atoms with Crippen LogP contribution >= 0.6 is 23.2 Å². The molecule has 2 rings (SSSR count). The predicted octanol–water partition coefficient (Wildman–Crippen LogP) is 2.84. The number of methoxy groups -OCH3 is 1. The molecule has 18 heavy (non-hydrogen) atoms. The van der Waals surface area contributed by atoms with Crippen LogP contribution in [0.3, 0.4) is 0 Å². The van der Waals surface area contributed by atoms with Crippen LogP contribution in [-0.2, 0) is 5.88 Å². The molecule has 0 radical (unpaired) electrons. The Morgan fingerprint density at radius 3 is 2.83 bits per heavy atom.